The SMILES string of the molecule is c1ccc(-c2nn(-c3ccc(-n4c5c(c6ccccc64)CCCC5)cc3)c(-c3ccccc3)c2-c2ccccc2)cc1. The van der Waals surface area contributed by atoms with Crippen LogP contribution in [0.5, 0.6) is 0 Å². The van der Waals surface area contributed by atoms with Crippen LogP contribution in [-0.2, 0) is 12.8 Å². The number of para-hydroxylation sites is 1. The van der Waals surface area contributed by atoms with Crippen LogP contribution in [0, 0.1) is 0 Å². The summed E-state index contributed by atoms with van der Waals surface area (Å²) in [4.78, 5) is 0. The van der Waals surface area contributed by atoms with Gasteiger partial charge in [0.05, 0.1) is 16.9 Å². The molecule has 3 nitrogen and oxygen atoms in total. The fraction of sp³-hybridized carbons (Fsp3) is 0.103. The number of fused-ring (bicyclic) bond motifs is 3. The highest BCUT2D eigenvalue weighted by atomic mass is 15.3. The number of benzene rings is 5. The second kappa shape index (κ2) is 10.4. The first-order valence-electron chi connectivity index (χ1n) is 14.9. The van der Waals surface area contributed by atoms with Crippen molar-refractivity contribution in [2.45, 2.75) is 25.7 Å². The van der Waals surface area contributed by atoms with Crippen LogP contribution in [0.15, 0.2) is 140 Å². The van der Waals surface area contributed by atoms with Crippen molar-refractivity contribution in [2.24, 2.45) is 0 Å². The molecule has 0 N–H and O–H groups in total. The van der Waals surface area contributed by atoms with E-state index in [1.807, 2.05) is 0 Å². The van der Waals surface area contributed by atoms with E-state index in [2.05, 4.69) is 149 Å². The van der Waals surface area contributed by atoms with Gasteiger partial charge >= 0.3 is 0 Å². The smallest absolute Gasteiger partial charge is 0.101 e. The molecule has 0 atom stereocenters. The Morgan fingerprint density at radius 1 is 0.500 bits per heavy atom. The normalized spacial score (nSPS) is 12.9. The van der Waals surface area contributed by atoms with Crippen molar-refractivity contribution in [1.82, 2.24) is 14.3 Å². The Balaban J connectivity index is 1.34. The molecule has 0 unspecified atom stereocenters. The summed E-state index contributed by atoms with van der Waals surface area (Å²) in [7, 11) is 0. The van der Waals surface area contributed by atoms with Gasteiger partial charge in [0.1, 0.15) is 5.69 Å². The number of hydrogen-bond acceptors (Lipinski definition) is 1. The van der Waals surface area contributed by atoms with Crippen LogP contribution in [0.25, 0.3) is 55.9 Å². The standard InChI is InChI=1S/C39H31N3/c1-4-14-28(15-5-1)37-38(29-16-6-2-7-17-29)40-42(39(37)30-18-8-3-9-19-30)32-26-24-31(25-27-32)41-35-22-12-10-20-33(35)34-21-11-13-23-36(34)41/h1-10,12,14-20,22,24-27H,11,13,21,23H2. The van der Waals surface area contributed by atoms with Gasteiger partial charge in [0.15, 0.2) is 0 Å². The van der Waals surface area contributed by atoms with Gasteiger partial charge < -0.3 is 4.57 Å². The molecule has 2 aromatic heterocycles. The van der Waals surface area contributed by atoms with E-state index in [-0.39, 0.29) is 0 Å². The molecule has 202 valence electrons. The molecule has 7 aromatic rings. The lowest BCUT2D eigenvalue weighted by atomic mass is 9.95. The summed E-state index contributed by atoms with van der Waals surface area (Å²) in [5.74, 6) is 0. The lowest BCUT2D eigenvalue weighted by Crippen LogP contribution is -2.07. The molecular formula is C39H31N3. The van der Waals surface area contributed by atoms with Crippen molar-refractivity contribution < 1.29 is 0 Å². The Bertz CT molecular complexity index is 2000. The number of aromatic nitrogens is 3. The van der Waals surface area contributed by atoms with Crippen molar-refractivity contribution in [3.63, 3.8) is 0 Å². The van der Waals surface area contributed by atoms with E-state index >= 15 is 0 Å². The van der Waals surface area contributed by atoms with Gasteiger partial charge in [-0.15, -0.1) is 0 Å². The first-order valence-corrected chi connectivity index (χ1v) is 14.9. The summed E-state index contributed by atoms with van der Waals surface area (Å²) in [5, 5.41) is 6.72. The van der Waals surface area contributed by atoms with Crippen LogP contribution >= 0.6 is 0 Å². The molecule has 42 heavy (non-hydrogen) atoms. The highest BCUT2D eigenvalue weighted by Gasteiger charge is 2.24. The van der Waals surface area contributed by atoms with Crippen molar-refractivity contribution in [3.05, 3.63) is 151 Å². The predicted octanol–water partition coefficient (Wildman–Crippen LogP) is 9.70. The number of hydrogen-bond donors (Lipinski definition) is 0. The average molecular weight is 542 g/mol. The Labute approximate surface area is 246 Å². The highest BCUT2D eigenvalue weighted by molar-refractivity contribution is 5.92. The van der Waals surface area contributed by atoms with E-state index in [0.717, 1.165) is 45.7 Å². The fourth-order valence-corrected chi connectivity index (χ4v) is 6.68. The molecule has 5 aromatic carbocycles. The van der Waals surface area contributed by atoms with Crippen molar-refractivity contribution in [3.8, 4) is 45.0 Å². The van der Waals surface area contributed by atoms with E-state index in [0.29, 0.717) is 0 Å². The Morgan fingerprint density at radius 2 is 1.07 bits per heavy atom. The maximum Gasteiger partial charge on any atom is 0.101 e. The molecule has 0 fully saturated rings. The summed E-state index contributed by atoms with van der Waals surface area (Å²) in [6, 6.07) is 49.7. The van der Waals surface area contributed by atoms with Gasteiger partial charge in [0.25, 0.3) is 0 Å². The molecule has 8 rings (SSSR count). The van der Waals surface area contributed by atoms with E-state index in [4.69, 9.17) is 5.10 Å². The molecule has 0 amide bonds. The molecule has 1 aliphatic rings. The summed E-state index contributed by atoms with van der Waals surface area (Å²) in [5.41, 5.74) is 13.2. The Morgan fingerprint density at radius 3 is 1.79 bits per heavy atom. The van der Waals surface area contributed by atoms with Crippen LogP contribution < -0.4 is 0 Å². The molecule has 3 heteroatoms. The Kier molecular flexibility index (Phi) is 6.07. The lowest BCUT2D eigenvalue weighted by molar-refractivity contribution is 0.667. The third-order valence-electron chi connectivity index (χ3n) is 8.57. The first kappa shape index (κ1) is 24.6. The molecular weight excluding hydrogens is 510 g/mol. The number of nitrogens with zero attached hydrogens (tertiary/aromatic N) is 3. The fourth-order valence-electron chi connectivity index (χ4n) is 6.68. The minimum absolute atomic E-state index is 0.982. The summed E-state index contributed by atoms with van der Waals surface area (Å²) in [6.45, 7) is 0. The summed E-state index contributed by atoms with van der Waals surface area (Å²) in [6.07, 6.45) is 4.82. The van der Waals surface area contributed by atoms with Gasteiger partial charge in [-0.3, -0.25) is 0 Å². The van der Waals surface area contributed by atoms with E-state index in [9.17, 15) is 0 Å². The van der Waals surface area contributed by atoms with Crippen LogP contribution in [-0.4, -0.2) is 14.3 Å². The molecule has 1 aliphatic carbocycles. The van der Waals surface area contributed by atoms with Crippen molar-refractivity contribution in [1.29, 1.82) is 0 Å². The highest BCUT2D eigenvalue weighted by Crippen LogP contribution is 2.41. The number of rotatable bonds is 5. The van der Waals surface area contributed by atoms with Crippen molar-refractivity contribution >= 4 is 10.9 Å². The third-order valence-corrected chi connectivity index (χ3v) is 8.57. The second-order valence-electron chi connectivity index (χ2n) is 11.1. The van der Waals surface area contributed by atoms with Gasteiger partial charge in [-0.05, 0) is 67.1 Å². The summed E-state index contributed by atoms with van der Waals surface area (Å²) < 4.78 is 4.62. The van der Waals surface area contributed by atoms with Gasteiger partial charge in [-0.1, -0.05) is 109 Å². The maximum atomic E-state index is 5.33. The van der Waals surface area contributed by atoms with Gasteiger partial charge in [-0.2, -0.15) is 5.10 Å². The lowest BCUT2D eigenvalue weighted by Gasteiger charge is -2.17. The largest absolute Gasteiger partial charge is 0.313 e. The number of aryl methyl sites for hydroxylation is 1. The Hall–Kier alpha value is -5.15. The van der Waals surface area contributed by atoms with Crippen molar-refractivity contribution in [2.75, 3.05) is 0 Å². The van der Waals surface area contributed by atoms with Crippen LogP contribution in [0.4, 0.5) is 0 Å². The average Bonchev–Trinajstić information content (AvgIpc) is 3.63. The molecule has 2 heterocycles. The molecule has 0 bridgehead atoms. The quantitative estimate of drug-likeness (QED) is 0.213. The monoisotopic (exact) mass is 541 g/mol. The molecule has 0 saturated carbocycles. The topological polar surface area (TPSA) is 22.8 Å². The minimum Gasteiger partial charge on any atom is -0.313 e. The third kappa shape index (κ3) is 4.09. The zero-order chi connectivity index (χ0) is 27.9. The zero-order valence-electron chi connectivity index (χ0n) is 23.4. The maximum absolute atomic E-state index is 5.33. The van der Waals surface area contributed by atoms with Crippen LogP contribution in [0.2, 0.25) is 0 Å². The second-order valence-corrected chi connectivity index (χ2v) is 11.1. The molecule has 0 saturated heterocycles. The molecule has 0 aliphatic heterocycles. The van der Waals surface area contributed by atoms with Gasteiger partial charge in [0, 0.05) is 33.5 Å². The van der Waals surface area contributed by atoms with Crippen LogP contribution in [0.1, 0.15) is 24.1 Å². The van der Waals surface area contributed by atoms with Crippen LogP contribution in [0.3, 0.4) is 0 Å². The first-order chi connectivity index (χ1) is 20.9. The van der Waals surface area contributed by atoms with E-state index < -0.39 is 0 Å². The molecule has 0 spiro atoms. The molecule has 0 radical (unpaired) electrons. The minimum atomic E-state index is 0.982. The summed E-state index contributed by atoms with van der Waals surface area (Å²) >= 11 is 0. The van der Waals surface area contributed by atoms with Gasteiger partial charge in [-0.25, -0.2) is 4.68 Å². The predicted molar refractivity (Wildman–Crippen MR) is 173 cm³/mol. The van der Waals surface area contributed by atoms with Gasteiger partial charge in [0.2, 0.25) is 0 Å². The van der Waals surface area contributed by atoms with E-state index in [1.165, 1.54) is 47.1 Å². The zero-order valence-corrected chi connectivity index (χ0v) is 23.4. The van der Waals surface area contributed by atoms with E-state index in [1.54, 1.807) is 0 Å².